The maximum Gasteiger partial charge on any atom is 0.303 e. The van der Waals surface area contributed by atoms with Crippen molar-refractivity contribution in [2.24, 2.45) is 0 Å². The fourth-order valence-electron chi connectivity index (χ4n) is 26.1. The van der Waals surface area contributed by atoms with Crippen LogP contribution in [0, 0.1) is 0 Å². The summed E-state index contributed by atoms with van der Waals surface area (Å²) in [6, 6.07) is 11.3. The normalized spacial score (nSPS) is 23.0. The molecule has 5 aliphatic carbocycles. The predicted molar refractivity (Wildman–Crippen MR) is 308 cm³/mol. The van der Waals surface area contributed by atoms with Gasteiger partial charge in [-0.15, -0.1) is 0 Å². The van der Waals surface area contributed by atoms with E-state index in [1.807, 2.05) is 0 Å². The maximum atomic E-state index is 14.6. The van der Waals surface area contributed by atoms with Crippen molar-refractivity contribution < 1.29 is 9.53 Å². The highest BCUT2D eigenvalue weighted by atomic mass is 16.5. The molecule has 0 radical (unpaired) electrons. The van der Waals surface area contributed by atoms with Crippen molar-refractivity contribution >= 4 is 302 Å². The van der Waals surface area contributed by atoms with Gasteiger partial charge in [0.2, 0.25) is 0 Å². The molecule has 74 heavy (non-hydrogen) atoms. The van der Waals surface area contributed by atoms with Crippen LogP contribution in [0.3, 0.4) is 0 Å². The van der Waals surface area contributed by atoms with E-state index in [1.54, 1.807) is 320 Å². The predicted octanol–water partition coefficient (Wildman–Crippen LogP) is 18.7. The van der Waals surface area contributed by atoms with Gasteiger partial charge in [0.1, 0.15) is 6.10 Å². The first-order valence-electron chi connectivity index (χ1n) is 27.4. The minimum atomic E-state index is -0.678. The molecule has 0 aliphatic heterocycles. The van der Waals surface area contributed by atoms with E-state index in [0.717, 1.165) is 6.42 Å². The van der Waals surface area contributed by atoms with Crippen molar-refractivity contribution in [2.75, 3.05) is 0 Å². The number of allylic oxidation sites excluding steroid dienone is 1. The monoisotopic (exact) mass is 908 g/mol. The van der Waals surface area contributed by atoms with Crippen LogP contribution in [0.25, 0.3) is 296 Å². The van der Waals surface area contributed by atoms with Gasteiger partial charge in [0.15, 0.2) is 0 Å². The van der Waals surface area contributed by atoms with Crippen LogP contribution < -0.4 is 0 Å². The second-order valence-electron chi connectivity index (χ2n) is 26.7. The van der Waals surface area contributed by atoms with Gasteiger partial charge in [-0.25, -0.2) is 0 Å². The highest BCUT2D eigenvalue weighted by molar-refractivity contribution is 6.82. The first-order chi connectivity index (χ1) is 36.7. The molecule has 0 saturated heterocycles. The third-order valence-corrected chi connectivity index (χ3v) is 26.2. The zero-order valence-corrected chi connectivity index (χ0v) is 38.1. The largest absolute Gasteiger partial charge is 0.457 e. The Morgan fingerprint density at radius 2 is 0.541 bits per heavy atom. The molecule has 0 bridgehead atoms. The van der Waals surface area contributed by atoms with Crippen LogP contribution in [0.5, 0.6) is 0 Å². The molecular weight excluding hydrogens is 897 g/mol. The third-order valence-electron chi connectivity index (χ3n) is 26.2. The number of carbonyl (C=O) groups is 1. The quantitative estimate of drug-likeness (QED) is 0.128. The second-order valence-corrected chi connectivity index (χ2v) is 26.7. The Bertz CT molecular complexity index is 7410. The van der Waals surface area contributed by atoms with Crippen molar-refractivity contribution in [2.45, 2.75) is 30.3 Å². The minimum absolute atomic E-state index is 0.173. The molecule has 0 N–H and O–H groups in total. The van der Waals surface area contributed by atoms with Gasteiger partial charge in [0, 0.05) is 12.3 Å². The summed E-state index contributed by atoms with van der Waals surface area (Å²) in [6.07, 6.45) is 2.89. The smallest absolute Gasteiger partial charge is 0.303 e. The zero-order chi connectivity index (χ0) is 44.5. The number of ether oxygens (including phenoxy) is 1. The fourth-order valence-corrected chi connectivity index (χ4v) is 26.1. The van der Waals surface area contributed by atoms with Crippen LogP contribution in [0.2, 0.25) is 0 Å². The van der Waals surface area contributed by atoms with Crippen molar-refractivity contribution in [1.29, 1.82) is 0 Å². The third kappa shape index (κ3) is 1.54. The number of benzene rings is 19. The van der Waals surface area contributed by atoms with E-state index >= 15 is 0 Å². The van der Waals surface area contributed by atoms with Gasteiger partial charge in [-0.1, -0.05) is 30.3 Å². The Morgan fingerprint density at radius 1 is 0.324 bits per heavy atom. The van der Waals surface area contributed by atoms with E-state index in [1.165, 1.54) is 11.1 Å². The van der Waals surface area contributed by atoms with E-state index in [-0.39, 0.29) is 5.97 Å². The summed E-state index contributed by atoms with van der Waals surface area (Å²) >= 11 is 0. The summed E-state index contributed by atoms with van der Waals surface area (Å²) in [4.78, 5) is 14.6. The van der Waals surface area contributed by atoms with E-state index in [4.69, 9.17) is 4.74 Å². The molecule has 0 fully saturated rings. The van der Waals surface area contributed by atoms with E-state index < -0.39 is 16.9 Å². The Labute approximate surface area is 404 Å². The lowest BCUT2D eigenvalue weighted by Crippen LogP contribution is -2.60. The molecule has 0 heterocycles. The average Bonchev–Trinajstić information content (AvgIpc) is 3.87. The minimum Gasteiger partial charge on any atom is -0.457 e. The topological polar surface area (TPSA) is 26.3 Å². The molecule has 312 valence electrons. The molecule has 34 rings (SSSR count). The Balaban J connectivity index is 1.14. The van der Waals surface area contributed by atoms with Crippen LogP contribution >= 0.6 is 0 Å². The summed E-state index contributed by atoms with van der Waals surface area (Å²) < 4.78 is 7.44. The molecule has 2 spiro atoms. The molecule has 1 unspecified atom stereocenters. The Morgan fingerprint density at radius 3 is 0.770 bits per heavy atom. The van der Waals surface area contributed by atoms with E-state index in [9.17, 15) is 4.79 Å². The second kappa shape index (κ2) is 6.52. The van der Waals surface area contributed by atoms with Gasteiger partial charge in [-0.3, -0.25) is 4.79 Å². The van der Waals surface area contributed by atoms with E-state index in [0.29, 0.717) is 0 Å². The molecule has 29 aromatic carbocycles. The van der Waals surface area contributed by atoms with Gasteiger partial charge in [0.05, 0.1) is 5.41 Å². The summed E-state index contributed by atoms with van der Waals surface area (Å²) in [5, 5.41) is 86.0. The lowest BCUT2D eigenvalue weighted by Gasteiger charge is -2.59. The molecule has 0 aromatic heterocycles. The van der Waals surface area contributed by atoms with Crippen LogP contribution in [-0.4, -0.2) is 12.1 Å². The van der Waals surface area contributed by atoms with Crippen LogP contribution in [0.15, 0.2) is 36.4 Å². The lowest BCUT2D eigenvalue weighted by atomic mass is 9.43. The molecule has 0 amide bonds. The number of hydrogen-bond donors (Lipinski definition) is 0. The van der Waals surface area contributed by atoms with Gasteiger partial charge in [0.25, 0.3) is 0 Å². The SMILES string of the molecule is CC(=O)OC1C=C(c2ccccc2)CC23c4c5c6c7c8c9c(c%10c%11c2c2c4c4c%12c5c5c6c6c8c8c%13c9c9c%10c%10c%11c%11c2c2c4c4c%12c%12c5c5c6c8c6c8c%13c9c9c%10c%10c%11c2c2c4c4c%12c5c6c5c8c9c%10c2c45)C713. The van der Waals surface area contributed by atoms with Gasteiger partial charge >= 0.3 is 5.97 Å². The molecule has 1 atom stereocenters. The zero-order valence-electron chi connectivity index (χ0n) is 38.1. The molecule has 2 heteroatoms. The van der Waals surface area contributed by atoms with Crippen molar-refractivity contribution in [1.82, 2.24) is 0 Å². The average molecular weight is 909 g/mol. The van der Waals surface area contributed by atoms with Crippen LogP contribution in [0.4, 0.5) is 0 Å². The van der Waals surface area contributed by atoms with Gasteiger partial charge < -0.3 is 4.74 Å². The van der Waals surface area contributed by atoms with Crippen LogP contribution in [0.1, 0.15) is 41.2 Å². The fraction of sp³-hybridized carbons (Fsp3) is 0.0694. The summed E-state index contributed by atoms with van der Waals surface area (Å²) in [7, 11) is 0. The van der Waals surface area contributed by atoms with Gasteiger partial charge in [-0.2, -0.15) is 0 Å². The Kier molecular flexibility index (Phi) is 2.49. The van der Waals surface area contributed by atoms with Crippen LogP contribution in [-0.2, 0) is 20.4 Å². The summed E-state index contributed by atoms with van der Waals surface area (Å²) in [5.41, 5.74) is 7.71. The molecule has 29 aromatic rings. The molecule has 0 saturated carbocycles. The maximum absolute atomic E-state index is 14.6. The van der Waals surface area contributed by atoms with Crippen molar-refractivity contribution in [3.05, 3.63) is 64.2 Å². The number of esters is 1. The summed E-state index contributed by atoms with van der Waals surface area (Å²) in [5.74, 6) is -0.173. The molecular formula is C72H12O2. The standard InChI is InChI=1S/C72H12O2/c1-9(73)74-12-7-11(10-5-3-2-4-6-10)8-71-67-59-51-41-31-23-15-13-14-17-21-19(15)27-35-29(21)39-33-25(17)26-18(14)22-20-16(13)24(23)32-38-28(20)36-30(22)40-34(26)44-43(33)55-49(39)57-47(35)53(45(51)37(27)31)61(67)63(57)69-65(55)66-56(44)50(40)58-48(36)54-46(38)52(42(32)41)60(59)68(71)62(54)64(58)70(66)72(12,69)71/h2-7,12H,8H2,1H3. The first kappa shape index (κ1) is 28.2. The summed E-state index contributed by atoms with van der Waals surface area (Å²) in [6.45, 7) is 1.71. The first-order valence-corrected chi connectivity index (χ1v) is 27.4. The highest BCUT2D eigenvalue weighted by Crippen LogP contribution is 2.86. The van der Waals surface area contributed by atoms with Crippen molar-refractivity contribution in [3.63, 3.8) is 0 Å². The Hall–Kier alpha value is -9.11. The van der Waals surface area contributed by atoms with Gasteiger partial charge in [-0.05, 0) is 337 Å². The van der Waals surface area contributed by atoms with Crippen molar-refractivity contribution in [3.8, 4) is 0 Å². The number of rotatable bonds is 2. The highest BCUT2D eigenvalue weighted by Gasteiger charge is 2.73. The number of hydrogen-bond acceptors (Lipinski definition) is 2. The molecule has 2 nitrogen and oxygen atoms in total. The molecule has 5 aliphatic rings. The van der Waals surface area contributed by atoms with E-state index in [2.05, 4.69) is 36.4 Å². The lowest BCUT2D eigenvalue weighted by molar-refractivity contribution is -0.147. The number of carbonyl (C=O) groups excluding carboxylic acids is 1.